The van der Waals surface area contributed by atoms with E-state index in [1.165, 1.54) is 50.9 Å². The van der Waals surface area contributed by atoms with Crippen molar-refractivity contribution in [3.8, 4) is 5.75 Å². The number of ether oxygens (including phenoxy) is 1. The van der Waals surface area contributed by atoms with Crippen LogP contribution in [0.4, 0.5) is 5.69 Å². The molecule has 1 aliphatic heterocycles. The average Bonchev–Trinajstić information content (AvgIpc) is 2.68. The molecule has 6 heteroatoms. The lowest BCUT2D eigenvalue weighted by Gasteiger charge is -2.27. The van der Waals surface area contributed by atoms with E-state index in [0.717, 1.165) is 42.0 Å². The van der Waals surface area contributed by atoms with Gasteiger partial charge in [0.25, 0.3) is 0 Å². The van der Waals surface area contributed by atoms with Crippen LogP contribution in [0.1, 0.15) is 31.2 Å². The molecule has 0 unspecified atom stereocenters. The fraction of sp³-hybridized carbons (Fsp3) is 0.571. The Morgan fingerprint density at radius 1 is 1.15 bits per heavy atom. The molecule has 1 aliphatic rings. The fourth-order valence-corrected chi connectivity index (χ4v) is 3.59. The molecule has 2 heterocycles. The Balaban J connectivity index is 0.00000261. The van der Waals surface area contributed by atoms with Gasteiger partial charge in [0, 0.05) is 50.4 Å². The van der Waals surface area contributed by atoms with Crippen LogP contribution in [-0.4, -0.2) is 56.3 Å². The number of rotatable bonds is 9. The number of methoxy groups -OCH3 is 1. The number of fused-ring (bicyclic) bond motifs is 1. The normalized spacial score (nSPS) is 14.7. The molecule has 1 saturated heterocycles. The molecule has 0 aliphatic carbocycles. The van der Waals surface area contributed by atoms with Crippen molar-refractivity contribution in [2.45, 2.75) is 32.6 Å². The summed E-state index contributed by atoms with van der Waals surface area (Å²) >= 11 is 0. The first-order valence-electron chi connectivity index (χ1n) is 9.88. The van der Waals surface area contributed by atoms with Gasteiger partial charge in [-0.2, -0.15) is 0 Å². The number of hydrogen-bond acceptors (Lipinski definition) is 5. The van der Waals surface area contributed by atoms with Crippen LogP contribution in [0.25, 0.3) is 10.9 Å². The summed E-state index contributed by atoms with van der Waals surface area (Å²) in [4.78, 5) is 7.14. The highest BCUT2D eigenvalue weighted by Crippen LogP contribution is 2.29. The predicted octanol–water partition coefficient (Wildman–Crippen LogP) is 3.85. The summed E-state index contributed by atoms with van der Waals surface area (Å²) in [6, 6.07) is 6.17. The molecule has 0 bridgehead atoms. The standard InChI is InChI=1S/C21H32N4O.ClH/c1-17-7-9-24-21-19(17)15-18(26-2)16-20(21)23-8-5-3-4-6-12-25-13-10-22-11-14-25;/h7,9,15-16,22-23H,3-6,8,10-14H2,1-2H3;1H. The summed E-state index contributed by atoms with van der Waals surface area (Å²) < 4.78 is 5.46. The van der Waals surface area contributed by atoms with Crippen LogP contribution in [0.5, 0.6) is 5.75 Å². The highest BCUT2D eigenvalue weighted by Gasteiger charge is 2.09. The molecule has 2 aromatic rings. The van der Waals surface area contributed by atoms with Gasteiger partial charge in [0.15, 0.2) is 0 Å². The highest BCUT2D eigenvalue weighted by atomic mass is 35.5. The molecular weight excluding hydrogens is 360 g/mol. The maximum Gasteiger partial charge on any atom is 0.121 e. The van der Waals surface area contributed by atoms with Gasteiger partial charge < -0.3 is 20.3 Å². The van der Waals surface area contributed by atoms with E-state index >= 15 is 0 Å². The minimum absolute atomic E-state index is 0. The van der Waals surface area contributed by atoms with Crippen molar-refractivity contribution in [2.24, 2.45) is 0 Å². The lowest BCUT2D eigenvalue weighted by molar-refractivity contribution is 0.236. The Labute approximate surface area is 169 Å². The topological polar surface area (TPSA) is 49.4 Å². The zero-order valence-electron chi connectivity index (χ0n) is 16.6. The molecule has 2 N–H and O–H groups in total. The quantitative estimate of drug-likeness (QED) is 0.635. The highest BCUT2D eigenvalue weighted by molar-refractivity contribution is 5.93. The molecule has 0 atom stereocenters. The summed E-state index contributed by atoms with van der Waals surface area (Å²) in [5.41, 5.74) is 3.33. The van der Waals surface area contributed by atoms with Gasteiger partial charge in [-0.15, -0.1) is 12.4 Å². The molecule has 1 aromatic carbocycles. The van der Waals surface area contributed by atoms with E-state index in [4.69, 9.17) is 4.74 Å². The first-order valence-corrected chi connectivity index (χ1v) is 9.88. The number of unbranched alkanes of at least 4 members (excludes halogenated alkanes) is 3. The number of nitrogens with zero attached hydrogens (tertiary/aromatic N) is 2. The Bertz CT molecular complexity index is 704. The van der Waals surface area contributed by atoms with Gasteiger partial charge in [0.05, 0.1) is 18.3 Å². The molecule has 5 nitrogen and oxygen atoms in total. The Hall–Kier alpha value is -1.56. The predicted molar refractivity (Wildman–Crippen MR) is 117 cm³/mol. The third kappa shape index (κ3) is 6.23. The number of halogens is 1. The summed E-state index contributed by atoms with van der Waals surface area (Å²) in [6.07, 6.45) is 6.95. The Kier molecular flexibility index (Phi) is 9.11. The lowest BCUT2D eigenvalue weighted by atomic mass is 10.1. The van der Waals surface area contributed by atoms with E-state index in [2.05, 4.69) is 39.6 Å². The average molecular weight is 393 g/mol. The van der Waals surface area contributed by atoms with Gasteiger partial charge in [-0.1, -0.05) is 12.8 Å². The minimum Gasteiger partial charge on any atom is -0.497 e. The molecular formula is C21H33ClN4O. The largest absolute Gasteiger partial charge is 0.497 e. The van der Waals surface area contributed by atoms with Crippen LogP contribution < -0.4 is 15.4 Å². The number of nitrogens with one attached hydrogen (secondary N) is 2. The number of anilines is 1. The maximum absolute atomic E-state index is 5.46. The SMILES string of the molecule is COc1cc(NCCCCCCN2CCNCC2)c2nccc(C)c2c1.Cl. The molecule has 0 radical (unpaired) electrons. The number of pyridine rings is 1. The number of benzene rings is 1. The zero-order valence-corrected chi connectivity index (χ0v) is 17.4. The van der Waals surface area contributed by atoms with Crippen molar-refractivity contribution in [3.05, 3.63) is 30.0 Å². The third-order valence-electron chi connectivity index (χ3n) is 5.20. The summed E-state index contributed by atoms with van der Waals surface area (Å²) in [6.45, 7) is 9.04. The molecule has 3 rings (SSSR count). The summed E-state index contributed by atoms with van der Waals surface area (Å²) in [7, 11) is 1.72. The molecule has 27 heavy (non-hydrogen) atoms. The van der Waals surface area contributed by atoms with Crippen LogP contribution in [0.2, 0.25) is 0 Å². The van der Waals surface area contributed by atoms with Crippen molar-refractivity contribution in [1.29, 1.82) is 0 Å². The van der Waals surface area contributed by atoms with Gasteiger partial charge in [0.1, 0.15) is 5.75 Å². The second-order valence-electron chi connectivity index (χ2n) is 7.13. The van der Waals surface area contributed by atoms with Crippen LogP contribution in [-0.2, 0) is 0 Å². The molecule has 0 spiro atoms. The molecule has 1 aromatic heterocycles. The smallest absolute Gasteiger partial charge is 0.121 e. The number of aromatic nitrogens is 1. The third-order valence-corrected chi connectivity index (χ3v) is 5.20. The molecule has 1 fully saturated rings. The van der Waals surface area contributed by atoms with Crippen molar-refractivity contribution >= 4 is 29.0 Å². The second-order valence-corrected chi connectivity index (χ2v) is 7.13. The summed E-state index contributed by atoms with van der Waals surface area (Å²) in [5, 5.41) is 8.14. The fourth-order valence-electron chi connectivity index (χ4n) is 3.59. The van der Waals surface area contributed by atoms with Crippen molar-refractivity contribution in [1.82, 2.24) is 15.2 Å². The zero-order chi connectivity index (χ0) is 18.2. The van der Waals surface area contributed by atoms with Crippen LogP contribution in [0.3, 0.4) is 0 Å². The summed E-state index contributed by atoms with van der Waals surface area (Å²) in [5.74, 6) is 0.882. The minimum atomic E-state index is 0. The first-order chi connectivity index (χ1) is 12.8. The maximum atomic E-state index is 5.46. The molecule has 0 amide bonds. The van der Waals surface area contributed by atoms with Gasteiger partial charge in [-0.25, -0.2) is 0 Å². The van der Waals surface area contributed by atoms with E-state index in [0.29, 0.717) is 0 Å². The van der Waals surface area contributed by atoms with Gasteiger partial charge >= 0.3 is 0 Å². The number of hydrogen-bond donors (Lipinski definition) is 2. The molecule has 0 saturated carbocycles. The van der Waals surface area contributed by atoms with Gasteiger partial charge in [-0.3, -0.25) is 4.98 Å². The van der Waals surface area contributed by atoms with Gasteiger partial charge in [-0.05, 0) is 44.0 Å². The van der Waals surface area contributed by atoms with Crippen molar-refractivity contribution < 1.29 is 4.74 Å². The molecule has 150 valence electrons. The lowest BCUT2D eigenvalue weighted by Crippen LogP contribution is -2.43. The van der Waals surface area contributed by atoms with E-state index in [-0.39, 0.29) is 12.4 Å². The van der Waals surface area contributed by atoms with E-state index in [1.54, 1.807) is 7.11 Å². The first kappa shape index (κ1) is 21.7. The van der Waals surface area contributed by atoms with Crippen LogP contribution >= 0.6 is 12.4 Å². The van der Waals surface area contributed by atoms with E-state index in [9.17, 15) is 0 Å². The monoisotopic (exact) mass is 392 g/mol. The second kappa shape index (κ2) is 11.3. The Morgan fingerprint density at radius 3 is 2.70 bits per heavy atom. The number of piperazine rings is 1. The van der Waals surface area contributed by atoms with Crippen LogP contribution in [0, 0.1) is 6.92 Å². The van der Waals surface area contributed by atoms with E-state index in [1.807, 2.05) is 12.3 Å². The Morgan fingerprint density at radius 2 is 1.93 bits per heavy atom. The van der Waals surface area contributed by atoms with Crippen LogP contribution in [0.15, 0.2) is 24.4 Å². The van der Waals surface area contributed by atoms with Crippen molar-refractivity contribution in [3.63, 3.8) is 0 Å². The number of aryl methyl sites for hydroxylation is 1. The van der Waals surface area contributed by atoms with Crippen molar-refractivity contribution in [2.75, 3.05) is 51.7 Å². The van der Waals surface area contributed by atoms with Gasteiger partial charge in [0.2, 0.25) is 0 Å². The van der Waals surface area contributed by atoms with E-state index < -0.39 is 0 Å².